The van der Waals surface area contributed by atoms with Crippen LogP contribution in [0.25, 0.3) is 10.9 Å². The fourth-order valence-corrected chi connectivity index (χ4v) is 4.43. The Morgan fingerprint density at radius 1 is 1.17 bits per heavy atom. The average Bonchev–Trinajstić information content (AvgIpc) is 3.26. The van der Waals surface area contributed by atoms with Crippen molar-refractivity contribution >= 4 is 28.4 Å². The van der Waals surface area contributed by atoms with Gasteiger partial charge in [-0.3, -0.25) is 4.98 Å². The lowest BCUT2D eigenvalue weighted by molar-refractivity contribution is 0.0509. The molecule has 1 saturated heterocycles. The van der Waals surface area contributed by atoms with Crippen molar-refractivity contribution in [1.29, 1.82) is 0 Å². The van der Waals surface area contributed by atoms with Crippen molar-refractivity contribution in [3.63, 3.8) is 0 Å². The van der Waals surface area contributed by atoms with Crippen LogP contribution in [0.3, 0.4) is 0 Å². The Morgan fingerprint density at radius 2 is 1.92 bits per heavy atom. The number of carbonyl (C=O) groups excluding carboxylic acids is 1. The van der Waals surface area contributed by atoms with Crippen molar-refractivity contribution in [3.8, 4) is 0 Å². The Labute approximate surface area is 208 Å². The standard InChI is InChI=1S/C27H31F3N4O2/c1-16(19-6-5-7-20(24(19)28)25(29)30)32-23-10-12-31-22-9-8-18(14-21(22)23)34-13-11-17(15-34)33-26(35)36-27(2,3)4/h5-10,12,14,16-17,25H,11,13,15H2,1-4H3,(H,31,32)(H,33,35)/t16-,17+/m1/s1. The average molecular weight is 501 g/mol. The zero-order valence-corrected chi connectivity index (χ0v) is 20.8. The van der Waals surface area contributed by atoms with Crippen LogP contribution in [0.15, 0.2) is 48.7 Å². The van der Waals surface area contributed by atoms with Gasteiger partial charge in [0.2, 0.25) is 0 Å². The number of hydrogen-bond donors (Lipinski definition) is 2. The van der Waals surface area contributed by atoms with Gasteiger partial charge in [0.05, 0.1) is 23.2 Å². The molecule has 2 heterocycles. The molecule has 0 bridgehead atoms. The highest BCUT2D eigenvalue weighted by atomic mass is 19.3. The van der Waals surface area contributed by atoms with Crippen molar-refractivity contribution in [1.82, 2.24) is 10.3 Å². The van der Waals surface area contributed by atoms with Crippen molar-refractivity contribution in [3.05, 3.63) is 65.6 Å². The van der Waals surface area contributed by atoms with Crippen molar-refractivity contribution in [2.75, 3.05) is 23.3 Å². The lowest BCUT2D eigenvalue weighted by Crippen LogP contribution is -2.40. The first kappa shape index (κ1) is 25.6. The molecule has 2 N–H and O–H groups in total. The number of halogens is 3. The number of alkyl halides is 2. The van der Waals surface area contributed by atoms with E-state index in [0.29, 0.717) is 6.54 Å². The summed E-state index contributed by atoms with van der Waals surface area (Å²) in [7, 11) is 0. The number of ether oxygens (including phenoxy) is 1. The Hall–Kier alpha value is -3.49. The number of aromatic nitrogens is 1. The van der Waals surface area contributed by atoms with Crippen LogP contribution < -0.4 is 15.5 Å². The van der Waals surface area contributed by atoms with Gasteiger partial charge >= 0.3 is 6.09 Å². The molecular formula is C27H31F3N4O2. The van der Waals surface area contributed by atoms with Gasteiger partial charge in [-0.2, -0.15) is 0 Å². The summed E-state index contributed by atoms with van der Waals surface area (Å²) < 4.78 is 46.4. The fraction of sp³-hybridized carbons (Fsp3) is 0.407. The molecule has 1 amide bonds. The minimum atomic E-state index is -2.88. The zero-order valence-electron chi connectivity index (χ0n) is 20.8. The molecule has 192 valence electrons. The first-order chi connectivity index (χ1) is 17.0. The molecule has 2 aromatic carbocycles. The third kappa shape index (κ3) is 5.83. The van der Waals surface area contributed by atoms with E-state index in [1.165, 1.54) is 12.1 Å². The van der Waals surface area contributed by atoms with Gasteiger partial charge in [-0.15, -0.1) is 0 Å². The summed E-state index contributed by atoms with van der Waals surface area (Å²) >= 11 is 0. The topological polar surface area (TPSA) is 66.5 Å². The number of nitrogens with zero attached hydrogens (tertiary/aromatic N) is 2. The zero-order chi connectivity index (χ0) is 26.0. The van der Waals surface area contributed by atoms with E-state index in [1.54, 1.807) is 19.2 Å². The molecular weight excluding hydrogens is 469 g/mol. The number of benzene rings is 2. The highest BCUT2D eigenvalue weighted by molar-refractivity contribution is 5.93. The second-order valence-corrected chi connectivity index (χ2v) is 10.1. The molecule has 1 fully saturated rings. The third-order valence-corrected chi connectivity index (χ3v) is 6.13. The SMILES string of the molecule is C[C@@H](Nc1ccnc2ccc(N3CC[C@H](NC(=O)OC(C)(C)C)C3)cc12)c1cccc(C(F)F)c1F. The number of fused-ring (bicyclic) bond motifs is 1. The predicted molar refractivity (Wildman–Crippen MR) is 135 cm³/mol. The Balaban J connectivity index is 1.52. The molecule has 0 aliphatic carbocycles. The van der Waals surface area contributed by atoms with Crippen LogP contribution in [-0.2, 0) is 4.74 Å². The Morgan fingerprint density at radius 3 is 2.64 bits per heavy atom. The van der Waals surface area contributed by atoms with Gasteiger partial charge in [-0.05, 0) is 58.4 Å². The number of carbonyl (C=O) groups is 1. The fourth-order valence-electron chi connectivity index (χ4n) is 4.43. The van der Waals surface area contributed by atoms with Crippen LogP contribution in [0.4, 0.5) is 29.3 Å². The minimum absolute atomic E-state index is 0.0350. The molecule has 2 atom stereocenters. The maximum Gasteiger partial charge on any atom is 0.407 e. The van der Waals surface area contributed by atoms with Gasteiger partial charge in [0.15, 0.2) is 0 Å². The van der Waals surface area contributed by atoms with E-state index in [9.17, 15) is 18.0 Å². The molecule has 0 radical (unpaired) electrons. The summed E-state index contributed by atoms with van der Waals surface area (Å²) in [5, 5.41) is 7.02. The smallest absolute Gasteiger partial charge is 0.407 e. The molecule has 1 aromatic heterocycles. The van der Waals surface area contributed by atoms with Crippen LogP contribution in [0, 0.1) is 5.82 Å². The van der Waals surface area contributed by atoms with E-state index in [-0.39, 0.29) is 11.6 Å². The summed E-state index contributed by atoms with van der Waals surface area (Å²) in [5.74, 6) is -0.896. The maximum atomic E-state index is 14.7. The summed E-state index contributed by atoms with van der Waals surface area (Å²) in [6, 6.07) is 11.1. The number of pyridine rings is 1. The number of rotatable bonds is 6. The number of anilines is 2. The second kappa shape index (κ2) is 10.2. The van der Waals surface area contributed by atoms with E-state index in [0.717, 1.165) is 41.3 Å². The number of alkyl carbamates (subject to hydrolysis) is 1. The van der Waals surface area contributed by atoms with E-state index in [4.69, 9.17) is 4.74 Å². The number of hydrogen-bond acceptors (Lipinski definition) is 5. The molecule has 3 aromatic rings. The van der Waals surface area contributed by atoms with Gasteiger partial charge in [0, 0.05) is 41.6 Å². The van der Waals surface area contributed by atoms with E-state index in [2.05, 4.69) is 20.5 Å². The highest BCUT2D eigenvalue weighted by Gasteiger charge is 2.27. The van der Waals surface area contributed by atoms with Crippen LogP contribution in [0.1, 0.15) is 57.7 Å². The largest absolute Gasteiger partial charge is 0.444 e. The van der Waals surface area contributed by atoms with E-state index in [1.807, 2.05) is 39.0 Å². The van der Waals surface area contributed by atoms with Crippen LogP contribution in [0.2, 0.25) is 0 Å². The molecule has 0 spiro atoms. The lowest BCUT2D eigenvalue weighted by Gasteiger charge is -2.23. The molecule has 1 aliphatic rings. The third-order valence-electron chi connectivity index (χ3n) is 6.13. The summed E-state index contributed by atoms with van der Waals surface area (Å²) in [5.41, 5.74) is 1.44. The molecule has 0 saturated carbocycles. The predicted octanol–water partition coefficient (Wildman–Crippen LogP) is 6.59. The molecule has 36 heavy (non-hydrogen) atoms. The van der Waals surface area contributed by atoms with Crippen molar-refractivity contribution in [2.45, 2.75) is 58.2 Å². The van der Waals surface area contributed by atoms with Gasteiger partial charge in [0.25, 0.3) is 6.43 Å². The molecule has 9 heteroatoms. The highest BCUT2D eigenvalue weighted by Crippen LogP contribution is 2.33. The number of nitrogens with one attached hydrogen (secondary N) is 2. The lowest BCUT2D eigenvalue weighted by atomic mass is 10.0. The quantitative estimate of drug-likeness (QED) is 0.400. The molecule has 1 aliphatic heterocycles. The first-order valence-electron chi connectivity index (χ1n) is 12.0. The minimum Gasteiger partial charge on any atom is -0.444 e. The molecule has 4 rings (SSSR count). The number of amides is 1. The monoisotopic (exact) mass is 500 g/mol. The van der Waals surface area contributed by atoms with Crippen molar-refractivity contribution in [2.24, 2.45) is 0 Å². The molecule has 0 unspecified atom stereocenters. The second-order valence-electron chi connectivity index (χ2n) is 10.1. The van der Waals surface area contributed by atoms with Crippen LogP contribution in [0.5, 0.6) is 0 Å². The van der Waals surface area contributed by atoms with Gasteiger partial charge < -0.3 is 20.3 Å². The first-order valence-corrected chi connectivity index (χ1v) is 12.0. The van der Waals surface area contributed by atoms with Gasteiger partial charge in [-0.25, -0.2) is 18.0 Å². The Bertz CT molecular complexity index is 1250. The summed E-state index contributed by atoms with van der Waals surface area (Å²) in [4.78, 5) is 18.7. The molecule has 6 nitrogen and oxygen atoms in total. The van der Waals surface area contributed by atoms with E-state index < -0.39 is 35.5 Å². The van der Waals surface area contributed by atoms with Gasteiger partial charge in [0.1, 0.15) is 11.4 Å². The van der Waals surface area contributed by atoms with Crippen LogP contribution >= 0.6 is 0 Å². The van der Waals surface area contributed by atoms with Gasteiger partial charge in [-0.1, -0.05) is 18.2 Å². The normalized spacial score (nSPS) is 16.9. The van der Waals surface area contributed by atoms with E-state index >= 15 is 0 Å². The summed E-state index contributed by atoms with van der Waals surface area (Å²) in [6.45, 7) is 8.61. The van der Waals surface area contributed by atoms with Crippen molar-refractivity contribution < 1.29 is 22.7 Å². The maximum absolute atomic E-state index is 14.7. The Kier molecular flexibility index (Phi) is 7.28. The summed E-state index contributed by atoms with van der Waals surface area (Å²) in [6.07, 6.45) is -0.873. The van der Waals surface area contributed by atoms with Crippen LogP contribution in [-0.4, -0.2) is 35.8 Å².